The maximum atomic E-state index is 9.50. The highest BCUT2D eigenvalue weighted by Gasteiger charge is 2.16. The second-order valence-electron chi connectivity index (χ2n) is 5.71. The van der Waals surface area contributed by atoms with Crippen LogP contribution < -0.4 is 4.90 Å². The molecule has 1 aliphatic rings. The fourth-order valence-corrected chi connectivity index (χ4v) is 2.93. The molecule has 0 saturated heterocycles. The summed E-state index contributed by atoms with van der Waals surface area (Å²) in [6.07, 6.45) is 5.35. The molecule has 0 bridgehead atoms. The third kappa shape index (κ3) is 2.62. The molecule has 0 fully saturated rings. The van der Waals surface area contributed by atoms with Gasteiger partial charge in [0.15, 0.2) is 0 Å². The van der Waals surface area contributed by atoms with Crippen LogP contribution in [0.1, 0.15) is 29.7 Å². The zero-order valence-electron chi connectivity index (χ0n) is 12.6. The van der Waals surface area contributed by atoms with Gasteiger partial charge in [-0.1, -0.05) is 6.07 Å². The minimum absolute atomic E-state index is 0.730. The number of aryl methyl sites for hydroxylation is 2. The SMILES string of the molecule is Cc1ccc(-c2cc3c(cc2C#N)N(C)CCCC3)cn1. The Hall–Kier alpha value is -2.34. The Kier molecular flexibility index (Phi) is 3.62. The molecular weight excluding hydrogens is 258 g/mol. The molecule has 0 saturated carbocycles. The van der Waals surface area contributed by atoms with Crippen molar-refractivity contribution in [3.63, 3.8) is 0 Å². The van der Waals surface area contributed by atoms with Crippen molar-refractivity contribution >= 4 is 5.69 Å². The van der Waals surface area contributed by atoms with Gasteiger partial charge in [-0.15, -0.1) is 0 Å². The number of fused-ring (bicyclic) bond motifs is 1. The lowest BCUT2D eigenvalue weighted by atomic mass is 9.95. The molecular formula is C18H19N3. The zero-order chi connectivity index (χ0) is 14.8. The molecule has 2 heterocycles. The summed E-state index contributed by atoms with van der Waals surface area (Å²) in [6, 6.07) is 10.6. The van der Waals surface area contributed by atoms with Crippen molar-refractivity contribution in [2.75, 3.05) is 18.5 Å². The molecule has 106 valence electrons. The number of aromatic nitrogens is 1. The number of hydrogen-bond acceptors (Lipinski definition) is 3. The molecule has 0 spiro atoms. The van der Waals surface area contributed by atoms with Gasteiger partial charge in [0.2, 0.25) is 0 Å². The van der Waals surface area contributed by atoms with Gasteiger partial charge < -0.3 is 4.90 Å². The highest BCUT2D eigenvalue weighted by Crippen LogP contribution is 2.33. The zero-order valence-corrected chi connectivity index (χ0v) is 12.6. The summed E-state index contributed by atoms with van der Waals surface area (Å²) in [5, 5.41) is 9.50. The van der Waals surface area contributed by atoms with Crippen molar-refractivity contribution < 1.29 is 0 Å². The Bertz CT molecular complexity index is 696. The molecule has 1 aromatic carbocycles. The van der Waals surface area contributed by atoms with E-state index in [0.717, 1.165) is 35.3 Å². The molecule has 0 atom stereocenters. The van der Waals surface area contributed by atoms with Crippen molar-refractivity contribution in [2.45, 2.75) is 26.2 Å². The summed E-state index contributed by atoms with van der Waals surface area (Å²) in [4.78, 5) is 6.62. The second kappa shape index (κ2) is 5.57. The van der Waals surface area contributed by atoms with E-state index < -0.39 is 0 Å². The van der Waals surface area contributed by atoms with Gasteiger partial charge in [-0.25, -0.2) is 0 Å². The van der Waals surface area contributed by atoms with E-state index in [1.165, 1.54) is 24.1 Å². The number of nitrogens with zero attached hydrogens (tertiary/aromatic N) is 3. The minimum Gasteiger partial charge on any atom is -0.374 e. The van der Waals surface area contributed by atoms with Crippen molar-refractivity contribution in [1.82, 2.24) is 4.98 Å². The minimum atomic E-state index is 0.730. The van der Waals surface area contributed by atoms with Gasteiger partial charge in [0.1, 0.15) is 0 Å². The van der Waals surface area contributed by atoms with Crippen LogP contribution >= 0.6 is 0 Å². The average molecular weight is 277 g/mol. The number of rotatable bonds is 1. The van der Waals surface area contributed by atoms with Gasteiger partial charge in [-0.05, 0) is 49.9 Å². The highest BCUT2D eigenvalue weighted by molar-refractivity contribution is 5.75. The smallest absolute Gasteiger partial charge is 0.0998 e. The Labute approximate surface area is 125 Å². The summed E-state index contributed by atoms with van der Waals surface area (Å²) >= 11 is 0. The lowest BCUT2D eigenvalue weighted by Gasteiger charge is -2.20. The van der Waals surface area contributed by atoms with E-state index in [1.54, 1.807) is 0 Å². The van der Waals surface area contributed by atoms with Gasteiger partial charge in [-0.3, -0.25) is 4.98 Å². The average Bonchev–Trinajstić information content (AvgIpc) is 2.68. The first-order valence-corrected chi connectivity index (χ1v) is 7.40. The Morgan fingerprint density at radius 1 is 1.24 bits per heavy atom. The molecule has 1 aromatic heterocycles. The molecule has 2 aromatic rings. The highest BCUT2D eigenvalue weighted by atomic mass is 15.1. The van der Waals surface area contributed by atoms with E-state index in [0.29, 0.717) is 0 Å². The fraction of sp³-hybridized carbons (Fsp3) is 0.333. The van der Waals surface area contributed by atoms with E-state index >= 15 is 0 Å². The van der Waals surface area contributed by atoms with E-state index in [2.05, 4.69) is 29.1 Å². The van der Waals surface area contributed by atoms with Gasteiger partial charge in [0, 0.05) is 42.3 Å². The molecule has 3 heteroatoms. The Morgan fingerprint density at radius 2 is 2.10 bits per heavy atom. The molecule has 0 radical (unpaired) electrons. The molecule has 0 N–H and O–H groups in total. The third-order valence-electron chi connectivity index (χ3n) is 4.16. The quantitative estimate of drug-likeness (QED) is 0.798. The van der Waals surface area contributed by atoms with E-state index in [-0.39, 0.29) is 0 Å². The van der Waals surface area contributed by atoms with Gasteiger partial charge >= 0.3 is 0 Å². The summed E-state index contributed by atoms with van der Waals surface area (Å²) in [6.45, 7) is 3.03. The number of pyridine rings is 1. The molecule has 1 aliphatic heterocycles. The van der Waals surface area contributed by atoms with Crippen LogP contribution in [-0.2, 0) is 6.42 Å². The van der Waals surface area contributed by atoms with Crippen molar-refractivity contribution in [2.24, 2.45) is 0 Å². The Balaban J connectivity index is 2.15. The van der Waals surface area contributed by atoms with Crippen molar-refractivity contribution in [3.8, 4) is 17.2 Å². The monoisotopic (exact) mass is 277 g/mol. The van der Waals surface area contributed by atoms with Crippen LogP contribution in [0.15, 0.2) is 30.5 Å². The predicted molar refractivity (Wildman–Crippen MR) is 85.3 cm³/mol. The normalized spacial score (nSPS) is 14.2. The van der Waals surface area contributed by atoms with Crippen LogP contribution in [0.25, 0.3) is 11.1 Å². The molecule has 0 amide bonds. The first-order valence-electron chi connectivity index (χ1n) is 7.40. The maximum Gasteiger partial charge on any atom is 0.0998 e. The van der Waals surface area contributed by atoms with E-state index in [4.69, 9.17) is 0 Å². The molecule has 3 nitrogen and oxygen atoms in total. The largest absolute Gasteiger partial charge is 0.374 e. The number of nitriles is 1. The lowest BCUT2D eigenvalue weighted by molar-refractivity contribution is 0.750. The third-order valence-corrected chi connectivity index (χ3v) is 4.16. The second-order valence-corrected chi connectivity index (χ2v) is 5.71. The first-order chi connectivity index (χ1) is 10.2. The number of hydrogen-bond donors (Lipinski definition) is 0. The first kappa shape index (κ1) is 13.6. The summed E-state index contributed by atoms with van der Waals surface area (Å²) in [5.41, 5.74) is 6.28. The van der Waals surface area contributed by atoms with Crippen LogP contribution in [0.3, 0.4) is 0 Å². The van der Waals surface area contributed by atoms with Crippen LogP contribution in [0.2, 0.25) is 0 Å². The lowest BCUT2D eigenvalue weighted by Crippen LogP contribution is -2.17. The maximum absolute atomic E-state index is 9.50. The standard InChI is InChI=1S/C18H19N3/c1-13-6-7-15(12-20-13)17-9-14-5-3-4-8-21(2)18(14)10-16(17)11-19/h6-7,9-10,12H,3-5,8H2,1-2H3. The van der Waals surface area contributed by atoms with Crippen molar-refractivity contribution in [1.29, 1.82) is 5.26 Å². The van der Waals surface area contributed by atoms with Crippen LogP contribution in [0.5, 0.6) is 0 Å². The summed E-state index contributed by atoms with van der Waals surface area (Å²) in [7, 11) is 2.11. The van der Waals surface area contributed by atoms with Crippen LogP contribution in [-0.4, -0.2) is 18.6 Å². The fourth-order valence-electron chi connectivity index (χ4n) is 2.93. The van der Waals surface area contributed by atoms with Crippen LogP contribution in [0.4, 0.5) is 5.69 Å². The Morgan fingerprint density at radius 3 is 2.81 bits per heavy atom. The topological polar surface area (TPSA) is 39.9 Å². The molecule has 0 unspecified atom stereocenters. The van der Waals surface area contributed by atoms with Gasteiger partial charge in [0.25, 0.3) is 0 Å². The van der Waals surface area contributed by atoms with Crippen molar-refractivity contribution in [3.05, 3.63) is 47.3 Å². The van der Waals surface area contributed by atoms with Gasteiger partial charge in [-0.2, -0.15) is 5.26 Å². The number of benzene rings is 1. The van der Waals surface area contributed by atoms with E-state index in [9.17, 15) is 5.26 Å². The molecule has 0 aliphatic carbocycles. The van der Waals surface area contributed by atoms with E-state index in [1.807, 2.05) is 31.3 Å². The van der Waals surface area contributed by atoms with Crippen LogP contribution in [0, 0.1) is 18.3 Å². The summed E-state index contributed by atoms with van der Waals surface area (Å²) < 4.78 is 0. The number of anilines is 1. The predicted octanol–water partition coefficient (Wildman–Crippen LogP) is 3.70. The van der Waals surface area contributed by atoms with Gasteiger partial charge in [0.05, 0.1) is 11.6 Å². The molecule has 21 heavy (non-hydrogen) atoms. The summed E-state index contributed by atoms with van der Waals surface area (Å²) in [5.74, 6) is 0. The molecule has 3 rings (SSSR count).